The lowest BCUT2D eigenvalue weighted by molar-refractivity contribution is -0.140. The lowest BCUT2D eigenvalue weighted by atomic mass is 9.66. The second-order valence-corrected chi connectivity index (χ2v) is 11.1. The number of carbonyl (C=O) groups excluding carboxylic acids is 1. The Kier molecular flexibility index (Phi) is 5.87. The van der Waals surface area contributed by atoms with Gasteiger partial charge in [0.15, 0.2) is 0 Å². The third-order valence-corrected chi connectivity index (χ3v) is 8.85. The third kappa shape index (κ3) is 4.17. The van der Waals surface area contributed by atoms with Gasteiger partial charge in [0.2, 0.25) is 10.0 Å². The molecule has 0 spiro atoms. The smallest absolute Gasteiger partial charge is 0.299 e. The molecule has 0 saturated carbocycles. The minimum Gasteiger partial charge on any atom is -0.299 e. The molecule has 1 aliphatic heterocycles. The number of alkyl halides is 3. The van der Waals surface area contributed by atoms with Crippen molar-refractivity contribution < 1.29 is 35.2 Å². The fourth-order valence-corrected chi connectivity index (χ4v) is 6.53. The zero-order valence-corrected chi connectivity index (χ0v) is 20.2. The molecule has 0 amide bonds. The number of aromatic nitrogens is 2. The number of hydrogen-bond acceptors (Lipinski definition) is 4. The fraction of sp³-hybridized carbons (Fsp3) is 0.280. The third-order valence-electron chi connectivity index (χ3n) is 7.01. The van der Waals surface area contributed by atoms with E-state index in [1.165, 1.54) is 19.1 Å². The first-order valence-corrected chi connectivity index (χ1v) is 12.7. The quantitative estimate of drug-likeness (QED) is 0.450. The molecular weight excluding hydrogens is 517 g/mol. The van der Waals surface area contributed by atoms with Crippen molar-refractivity contribution in [1.29, 1.82) is 0 Å². The lowest BCUT2D eigenvalue weighted by Crippen LogP contribution is -2.52. The Bertz CT molecular complexity index is 1540. The Morgan fingerprint density at radius 2 is 1.78 bits per heavy atom. The van der Waals surface area contributed by atoms with Crippen LogP contribution in [0.4, 0.5) is 22.0 Å². The van der Waals surface area contributed by atoms with Gasteiger partial charge in [-0.15, -0.1) is 0 Å². The number of fused-ring (bicyclic) bond motifs is 2. The van der Waals surface area contributed by atoms with Crippen LogP contribution >= 0.6 is 0 Å². The zero-order valence-electron chi connectivity index (χ0n) is 19.4. The minimum atomic E-state index is -5.07. The van der Waals surface area contributed by atoms with E-state index in [-0.39, 0.29) is 37.8 Å². The molecule has 1 saturated heterocycles. The van der Waals surface area contributed by atoms with Gasteiger partial charge < -0.3 is 0 Å². The fourth-order valence-electron chi connectivity index (χ4n) is 5.00. The van der Waals surface area contributed by atoms with Crippen molar-refractivity contribution in [3.63, 3.8) is 0 Å². The van der Waals surface area contributed by atoms with Gasteiger partial charge in [-0.05, 0) is 73.9 Å². The molecule has 0 bridgehead atoms. The summed E-state index contributed by atoms with van der Waals surface area (Å²) >= 11 is 0. The Morgan fingerprint density at radius 3 is 2.43 bits per heavy atom. The van der Waals surface area contributed by atoms with Crippen LogP contribution in [0, 0.1) is 17.0 Å². The number of carbonyl (C=O) groups is 1. The van der Waals surface area contributed by atoms with E-state index >= 15 is 0 Å². The molecule has 5 rings (SSSR count). The molecule has 2 heterocycles. The molecule has 12 heteroatoms. The van der Waals surface area contributed by atoms with E-state index in [9.17, 15) is 35.2 Å². The van der Waals surface area contributed by atoms with Gasteiger partial charge in [-0.3, -0.25) is 4.79 Å². The van der Waals surface area contributed by atoms with E-state index in [0.29, 0.717) is 28.6 Å². The number of ketones is 1. The van der Waals surface area contributed by atoms with Crippen LogP contribution < -0.4 is 0 Å². The summed E-state index contributed by atoms with van der Waals surface area (Å²) in [4.78, 5) is 12.3. The highest BCUT2D eigenvalue weighted by atomic mass is 32.2. The number of hydrogen-bond donors (Lipinski definition) is 0. The van der Waals surface area contributed by atoms with E-state index in [1.807, 2.05) is 0 Å². The summed E-state index contributed by atoms with van der Waals surface area (Å²) < 4.78 is 96.0. The Morgan fingerprint density at radius 1 is 1.08 bits per heavy atom. The van der Waals surface area contributed by atoms with Gasteiger partial charge in [0, 0.05) is 13.1 Å². The van der Waals surface area contributed by atoms with Crippen molar-refractivity contribution in [2.45, 2.75) is 30.8 Å². The molecule has 37 heavy (non-hydrogen) atoms. The topological polar surface area (TPSA) is 72.3 Å². The second kappa shape index (κ2) is 8.59. The molecule has 1 aliphatic carbocycles. The van der Waals surface area contributed by atoms with Crippen molar-refractivity contribution in [3.05, 3.63) is 82.7 Å². The first-order valence-electron chi connectivity index (χ1n) is 11.2. The first-order chi connectivity index (χ1) is 17.3. The van der Waals surface area contributed by atoms with Crippen molar-refractivity contribution in [1.82, 2.24) is 14.1 Å². The average Bonchev–Trinajstić information content (AvgIpc) is 3.24. The molecule has 194 valence electrons. The predicted octanol–water partition coefficient (Wildman–Crippen LogP) is 4.78. The lowest BCUT2D eigenvalue weighted by Gasteiger charge is -2.44. The number of halogens is 5. The highest BCUT2D eigenvalue weighted by Crippen LogP contribution is 2.46. The van der Waals surface area contributed by atoms with Crippen molar-refractivity contribution in [2.75, 3.05) is 13.1 Å². The van der Waals surface area contributed by atoms with Gasteiger partial charge in [0.25, 0.3) is 0 Å². The van der Waals surface area contributed by atoms with Crippen LogP contribution in [0.5, 0.6) is 0 Å². The predicted molar refractivity (Wildman–Crippen MR) is 123 cm³/mol. The summed E-state index contributed by atoms with van der Waals surface area (Å²) in [6.45, 7) is 0.983. The van der Waals surface area contributed by atoms with E-state index < -0.39 is 43.7 Å². The zero-order chi connectivity index (χ0) is 26.8. The van der Waals surface area contributed by atoms with Gasteiger partial charge in [-0.1, -0.05) is 5.57 Å². The molecule has 3 aromatic rings. The van der Waals surface area contributed by atoms with Gasteiger partial charge in [0.1, 0.15) is 17.4 Å². The molecular formula is C25H20F5N3O3S. The number of rotatable bonds is 4. The van der Waals surface area contributed by atoms with E-state index in [0.717, 1.165) is 10.4 Å². The van der Waals surface area contributed by atoms with Crippen LogP contribution in [-0.4, -0.2) is 41.4 Å². The van der Waals surface area contributed by atoms with E-state index in [4.69, 9.17) is 0 Å². The Labute approximate surface area is 209 Å². The SMILES string of the molecule is CC(=O)[C@]12Cc3cnn(-c4ccc(F)cc4)c3C=C1CCN(S(=O)(=O)c1ccc(F)c(C(F)(F)F)c1)C2. The normalized spacial score (nSPS) is 20.2. The molecule has 1 fully saturated rings. The number of benzene rings is 2. The van der Waals surface area contributed by atoms with E-state index in [1.54, 1.807) is 29.1 Å². The maximum absolute atomic E-state index is 13.8. The number of Topliss-reactive ketones (excluding diaryl/α,β-unsaturated/α-hetero) is 1. The molecule has 1 aromatic heterocycles. The molecule has 2 aliphatic rings. The summed E-state index contributed by atoms with van der Waals surface area (Å²) in [6, 6.07) is 7.24. The monoisotopic (exact) mass is 537 g/mol. The molecule has 6 nitrogen and oxygen atoms in total. The van der Waals surface area contributed by atoms with Crippen molar-refractivity contribution >= 4 is 21.9 Å². The highest BCUT2D eigenvalue weighted by molar-refractivity contribution is 7.89. The van der Waals surface area contributed by atoms with Crippen LogP contribution in [0.2, 0.25) is 0 Å². The number of sulfonamides is 1. The number of piperidine rings is 1. The summed E-state index contributed by atoms with van der Waals surface area (Å²) in [6.07, 6.45) is -1.45. The van der Waals surface area contributed by atoms with Crippen molar-refractivity contribution in [3.8, 4) is 5.69 Å². The Balaban J connectivity index is 1.52. The van der Waals surface area contributed by atoms with E-state index in [2.05, 4.69) is 5.10 Å². The molecule has 1 atom stereocenters. The van der Waals surface area contributed by atoms with Crippen molar-refractivity contribution in [2.24, 2.45) is 5.41 Å². The maximum Gasteiger partial charge on any atom is 0.419 e. The summed E-state index contributed by atoms with van der Waals surface area (Å²) in [5, 5.41) is 4.37. The first kappa shape index (κ1) is 25.3. The molecule has 0 N–H and O–H groups in total. The maximum atomic E-state index is 13.8. The average molecular weight is 538 g/mol. The summed E-state index contributed by atoms with van der Waals surface area (Å²) in [7, 11) is -4.47. The standard InChI is InChI=1S/C25H20F5N3O3S/c1-15(34)24-12-16-13-31-33(19-4-2-18(26)3-5-19)23(16)10-17(24)8-9-32(14-24)37(35,36)20-6-7-22(27)21(11-20)25(28,29)30/h2-7,10-11,13H,8-9,12,14H2,1H3/t24-/m1/s1. The summed E-state index contributed by atoms with van der Waals surface area (Å²) in [5.41, 5.74) is -0.277. The molecule has 0 unspecified atom stereocenters. The van der Waals surface area contributed by atoms with Crippen LogP contribution in [0.3, 0.4) is 0 Å². The largest absolute Gasteiger partial charge is 0.419 e. The molecule has 2 aromatic carbocycles. The van der Waals surface area contributed by atoms with Crippen LogP contribution in [0.15, 0.2) is 59.1 Å². The van der Waals surface area contributed by atoms with Gasteiger partial charge >= 0.3 is 6.18 Å². The second-order valence-electron chi connectivity index (χ2n) is 9.16. The van der Waals surface area contributed by atoms with Crippen LogP contribution in [0.25, 0.3) is 11.8 Å². The Hall–Kier alpha value is -3.38. The summed E-state index contributed by atoms with van der Waals surface area (Å²) in [5.74, 6) is -2.28. The molecule has 0 radical (unpaired) electrons. The van der Waals surface area contributed by atoms with Gasteiger partial charge in [-0.25, -0.2) is 21.9 Å². The van der Waals surface area contributed by atoms with Crippen LogP contribution in [-0.2, 0) is 27.4 Å². The minimum absolute atomic E-state index is 0.0814. The van der Waals surface area contributed by atoms with Gasteiger partial charge in [0.05, 0.1) is 33.5 Å². The highest BCUT2D eigenvalue weighted by Gasteiger charge is 2.49. The number of nitrogens with zero attached hydrogens (tertiary/aromatic N) is 3. The van der Waals surface area contributed by atoms with Gasteiger partial charge in [-0.2, -0.15) is 22.6 Å². The van der Waals surface area contributed by atoms with Crippen LogP contribution in [0.1, 0.15) is 30.2 Å².